The average molecular weight is 955 g/mol. The molecule has 3 aliphatic rings. The molecule has 0 aromatic heterocycles. The van der Waals surface area contributed by atoms with Gasteiger partial charge in [0, 0.05) is 30.3 Å². The van der Waals surface area contributed by atoms with Crippen molar-refractivity contribution >= 4 is 70.8 Å². The molecular formula is C52H55F3N3O11+. The van der Waals surface area contributed by atoms with E-state index in [4.69, 9.17) is 28.4 Å². The lowest BCUT2D eigenvalue weighted by Crippen LogP contribution is -2.43. The largest absolute Gasteiger partial charge is 0.416 e. The minimum atomic E-state index is -4.41. The Morgan fingerprint density at radius 3 is 2.00 bits per heavy atom. The molecule has 1 N–H and O–H groups in total. The van der Waals surface area contributed by atoms with Gasteiger partial charge in [0.2, 0.25) is 0 Å². The van der Waals surface area contributed by atoms with E-state index in [1.165, 1.54) is 12.1 Å². The molecule has 364 valence electrons. The fourth-order valence-electron chi connectivity index (χ4n) is 8.52. The number of benzene rings is 4. The molecule has 1 heterocycles. The summed E-state index contributed by atoms with van der Waals surface area (Å²) in [7, 11) is 0. The van der Waals surface area contributed by atoms with E-state index >= 15 is 0 Å². The summed E-state index contributed by atoms with van der Waals surface area (Å²) in [6.07, 6.45) is 2.03. The number of piperidine rings is 1. The van der Waals surface area contributed by atoms with Crippen LogP contribution in [0, 0.1) is 17.8 Å². The highest BCUT2D eigenvalue weighted by molar-refractivity contribution is 6.29. The number of nitrogens with one attached hydrogen (secondary N) is 1. The number of nitrogens with zero attached hydrogens (tertiary/aromatic N) is 2. The molecule has 1 saturated heterocycles. The van der Waals surface area contributed by atoms with E-state index in [-0.39, 0.29) is 35.8 Å². The Hall–Kier alpha value is -6.08. The Morgan fingerprint density at radius 1 is 0.754 bits per heavy atom. The lowest BCUT2D eigenvalue weighted by atomic mass is 9.82. The number of fused-ring (bicyclic) bond motifs is 4. The fraction of sp³-hybridized carbons (Fsp3) is 0.404. The standard InChI is InChI=1S/C52H54F3N3O11/c1-33-29-42-40(34-9-11-37(12-10-34)52(53,54)55)31-35-7-8-36(32-41(35)43(42)30-33)50(62)57-16-18-65-20-22-67-24-26-69-28-27-68-25-23-66-21-19-64-17-4-15-56-44-6-3-5-38-46(44)49(61)47(48(38)60)39-13-14-45(59)58(2)51(39)63/h3,5-12,15,29-33,39,47H,2,4,13-14,16-28H2,1H3/p+1. The van der Waals surface area contributed by atoms with Crippen LogP contribution in [0.5, 0.6) is 0 Å². The molecule has 7 rings (SSSR count). The van der Waals surface area contributed by atoms with Crippen molar-refractivity contribution in [1.29, 1.82) is 0 Å². The number of rotatable bonds is 25. The quantitative estimate of drug-likeness (QED) is 0.0292. The lowest BCUT2D eigenvalue weighted by Gasteiger charge is -2.19. The molecule has 1 aliphatic heterocycles. The maximum absolute atomic E-state index is 13.3. The van der Waals surface area contributed by atoms with Crippen LogP contribution < -0.4 is 15.8 Å². The molecule has 0 radical (unpaired) electrons. The van der Waals surface area contributed by atoms with Crippen LogP contribution in [0.25, 0.3) is 34.1 Å². The molecule has 14 nitrogen and oxygen atoms in total. The molecule has 1 fully saturated rings. The molecule has 0 saturated carbocycles. The molecule has 69 heavy (non-hydrogen) atoms. The van der Waals surface area contributed by atoms with Gasteiger partial charge in [0.15, 0.2) is 11.6 Å². The van der Waals surface area contributed by atoms with Crippen LogP contribution in [0.2, 0.25) is 0 Å². The van der Waals surface area contributed by atoms with Gasteiger partial charge in [-0.25, -0.2) is 9.59 Å². The highest BCUT2D eigenvalue weighted by atomic mass is 19.4. The SMILES string of the molecule is C=[N+]1C(=O)CCC(C2C(=O)c3cccc(N=CCCOCCOCCOCCOCCOCCOCCNC(=O)c4ccc5cc(-c6ccc(C(F)(F)F)cc6)c6c(c5c4)=CC(C)C=6)c3C2=O)C1=O. The van der Waals surface area contributed by atoms with Gasteiger partial charge >= 0.3 is 18.0 Å². The molecule has 17 heteroatoms. The molecule has 3 amide bonds. The second kappa shape index (κ2) is 24.0. The first-order valence-electron chi connectivity index (χ1n) is 23.0. The van der Waals surface area contributed by atoms with E-state index in [1.54, 1.807) is 30.5 Å². The second-order valence-corrected chi connectivity index (χ2v) is 16.7. The van der Waals surface area contributed by atoms with Crippen LogP contribution >= 0.6 is 0 Å². The zero-order chi connectivity index (χ0) is 48.9. The maximum Gasteiger partial charge on any atom is 0.416 e. The normalized spacial score (nSPS) is 18.0. The minimum absolute atomic E-state index is 0.0476. The highest BCUT2D eigenvalue weighted by Gasteiger charge is 2.52. The molecule has 0 bridgehead atoms. The number of ether oxygens (including phenoxy) is 6. The van der Waals surface area contributed by atoms with Gasteiger partial charge in [0.1, 0.15) is 18.6 Å². The Balaban J connectivity index is 0.672. The lowest BCUT2D eigenvalue weighted by molar-refractivity contribution is -0.388. The zero-order valence-electron chi connectivity index (χ0n) is 38.4. The first-order chi connectivity index (χ1) is 33.3. The summed E-state index contributed by atoms with van der Waals surface area (Å²) in [4.78, 5) is 68.5. The van der Waals surface area contributed by atoms with Gasteiger partial charge in [0.25, 0.3) is 5.91 Å². The van der Waals surface area contributed by atoms with Gasteiger partial charge in [-0.1, -0.05) is 49.4 Å². The van der Waals surface area contributed by atoms with E-state index in [0.717, 1.165) is 43.5 Å². The van der Waals surface area contributed by atoms with Gasteiger partial charge in [-0.2, -0.15) is 13.2 Å². The summed E-state index contributed by atoms with van der Waals surface area (Å²) in [6.45, 7) is 10.3. The van der Waals surface area contributed by atoms with Crippen LogP contribution in [-0.4, -0.2) is 133 Å². The third-order valence-electron chi connectivity index (χ3n) is 12.0. The Bertz CT molecular complexity index is 2720. The van der Waals surface area contributed by atoms with Gasteiger partial charge in [-0.05, 0) is 81.1 Å². The average Bonchev–Trinajstić information content (AvgIpc) is 3.86. The van der Waals surface area contributed by atoms with Crippen molar-refractivity contribution < 1.29 is 70.1 Å². The number of imide groups is 1. The van der Waals surface area contributed by atoms with Crippen molar-refractivity contribution in [3.63, 3.8) is 0 Å². The number of carbonyl (C=O) groups is 5. The third-order valence-corrected chi connectivity index (χ3v) is 12.0. The Labute approximate surface area is 396 Å². The summed E-state index contributed by atoms with van der Waals surface area (Å²) in [6, 6.07) is 17.4. The molecule has 0 spiro atoms. The van der Waals surface area contributed by atoms with Crippen LogP contribution in [0.3, 0.4) is 0 Å². The van der Waals surface area contributed by atoms with Crippen LogP contribution in [-0.2, 0) is 44.2 Å². The molecule has 4 aromatic rings. The number of halogens is 3. The molecule has 4 aromatic carbocycles. The predicted octanol–water partition coefficient (Wildman–Crippen LogP) is 5.53. The number of alkyl halides is 3. The van der Waals surface area contributed by atoms with Gasteiger partial charge in [-0.3, -0.25) is 19.4 Å². The van der Waals surface area contributed by atoms with Crippen molar-refractivity contribution in [2.75, 3.05) is 85.8 Å². The van der Waals surface area contributed by atoms with Crippen LogP contribution in [0.1, 0.15) is 62.8 Å². The second-order valence-electron chi connectivity index (χ2n) is 16.7. The topological polar surface area (TPSA) is 168 Å². The number of hydrogen-bond donors (Lipinski definition) is 1. The molecule has 3 atom stereocenters. The van der Waals surface area contributed by atoms with Crippen molar-refractivity contribution in [3.8, 4) is 11.1 Å². The number of hydrogen-bond acceptors (Lipinski definition) is 12. The third kappa shape index (κ3) is 12.8. The van der Waals surface area contributed by atoms with Crippen molar-refractivity contribution in [2.24, 2.45) is 22.7 Å². The van der Waals surface area contributed by atoms with Gasteiger partial charge < -0.3 is 33.7 Å². The Morgan fingerprint density at radius 2 is 1.36 bits per heavy atom. The van der Waals surface area contributed by atoms with E-state index in [1.807, 2.05) is 25.1 Å². The van der Waals surface area contributed by atoms with Crippen molar-refractivity contribution in [3.05, 3.63) is 99.4 Å². The van der Waals surface area contributed by atoms with Gasteiger partial charge in [-0.15, -0.1) is 4.58 Å². The predicted molar refractivity (Wildman–Crippen MR) is 250 cm³/mol. The number of carbonyl (C=O) groups excluding carboxylic acids is 5. The number of ketones is 2. The zero-order valence-corrected chi connectivity index (χ0v) is 38.4. The molecule has 3 unspecified atom stereocenters. The molecular weight excluding hydrogens is 900 g/mol. The van der Waals surface area contributed by atoms with Crippen molar-refractivity contribution in [1.82, 2.24) is 5.32 Å². The molecule has 2 aliphatic carbocycles. The summed E-state index contributed by atoms with van der Waals surface area (Å²) in [5, 5.41) is 6.58. The minimum Gasteiger partial charge on any atom is -0.379 e. The Kier molecular flexibility index (Phi) is 17.6. The van der Waals surface area contributed by atoms with Crippen LogP contribution in [0.15, 0.2) is 71.7 Å². The number of aliphatic imine (C=N–C) groups is 1. The summed E-state index contributed by atoms with van der Waals surface area (Å²) >= 11 is 0. The highest BCUT2D eigenvalue weighted by Crippen LogP contribution is 2.40. The van der Waals surface area contributed by atoms with Gasteiger partial charge in [0.05, 0.1) is 103 Å². The first kappa shape index (κ1) is 50.8. The smallest absolute Gasteiger partial charge is 0.379 e. The van der Waals surface area contributed by atoms with E-state index in [0.29, 0.717) is 109 Å². The summed E-state index contributed by atoms with van der Waals surface area (Å²) in [5.74, 6) is -4.15. The van der Waals surface area contributed by atoms with Crippen LogP contribution in [0.4, 0.5) is 18.9 Å². The monoisotopic (exact) mass is 954 g/mol. The van der Waals surface area contributed by atoms with E-state index in [2.05, 4.69) is 29.2 Å². The number of amides is 3. The first-order valence-corrected chi connectivity index (χ1v) is 23.0. The summed E-state index contributed by atoms with van der Waals surface area (Å²) in [5.41, 5.74) is 2.12. The summed E-state index contributed by atoms with van der Waals surface area (Å²) < 4.78 is 73.6. The van der Waals surface area contributed by atoms with E-state index < -0.39 is 47.0 Å². The van der Waals surface area contributed by atoms with E-state index in [9.17, 15) is 37.1 Å². The van der Waals surface area contributed by atoms with Crippen molar-refractivity contribution in [2.45, 2.75) is 32.4 Å². The maximum atomic E-state index is 13.3. The number of Topliss-reactive ketones (excluding diaryl/α,β-unsaturated/α-hetero) is 2. The fourth-order valence-corrected chi connectivity index (χ4v) is 8.52.